The third-order valence-corrected chi connectivity index (χ3v) is 3.73. The zero-order chi connectivity index (χ0) is 18.9. The molecule has 2 aromatic carbocycles. The van der Waals surface area contributed by atoms with Crippen LogP contribution in [-0.4, -0.2) is 25.0 Å². The highest BCUT2D eigenvalue weighted by atomic mass is 35.5. The number of halogens is 1. The van der Waals surface area contributed by atoms with Gasteiger partial charge < -0.3 is 15.4 Å². The number of hydrogen-bond donors (Lipinski definition) is 2. The monoisotopic (exact) mass is 372 g/mol. The molecule has 0 saturated carbocycles. The van der Waals surface area contributed by atoms with Gasteiger partial charge in [-0.05, 0) is 48.9 Å². The third kappa shape index (κ3) is 5.36. The highest BCUT2D eigenvalue weighted by Gasteiger charge is 2.15. The van der Waals surface area contributed by atoms with Gasteiger partial charge in [0, 0.05) is 17.1 Å². The largest absolute Gasteiger partial charge is 0.490 e. The number of ether oxygens (including phenoxy) is 1. The first-order valence-electron chi connectivity index (χ1n) is 8.28. The average Bonchev–Trinajstić information content (AvgIpc) is 2.65. The summed E-state index contributed by atoms with van der Waals surface area (Å²) < 4.78 is 5.39. The summed E-state index contributed by atoms with van der Waals surface area (Å²) in [6.45, 7) is 6.50. The Hall–Kier alpha value is -2.79. The van der Waals surface area contributed by atoms with Crippen molar-refractivity contribution in [1.29, 1.82) is 0 Å². The second kappa shape index (κ2) is 9.63. The van der Waals surface area contributed by atoms with Crippen molar-refractivity contribution in [2.24, 2.45) is 0 Å². The Bertz CT molecular complexity index is 788. The first kappa shape index (κ1) is 19.5. The topological polar surface area (TPSA) is 67.4 Å². The van der Waals surface area contributed by atoms with Crippen LogP contribution in [0.5, 0.6) is 5.75 Å². The molecule has 26 heavy (non-hydrogen) atoms. The van der Waals surface area contributed by atoms with Crippen LogP contribution in [0.1, 0.15) is 34.1 Å². The van der Waals surface area contributed by atoms with Crippen LogP contribution in [0.3, 0.4) is 0 Å². The summed E-state index contributed by atoms with van der Waals surface area (Å²) in [6, 6.07) is 11.5. The fourth-order valence-electron chi connectivity index (χ4n) is 2.20. The number of rotatable bonds is 8. The third-order valence-electron chi connectivity index (χ3n) is 3.49. The molecule has 0 heterocycles. The molecule has 2 aromatic rings. The molecule has 0 spiro atoms. The minimum absolute atomic E-state index is 0.257. The summed E-state index contributed by atoms with van der Waals surface area (Å²) in [5, 5.41) is 5.97. The quantitative estimate of drug-likeness (QED) is 0.679. The number of hydrogen-bond acceptors (Lipinski definition) is 3. The van der Waals surface area contributed by atoms with Crippen molar-refractivity contribution >= 4 is 29.1 Å². The molecule has 0 saturated heterocycles. The van der Waals surface area contributed by atoms with E-state index in [-0.39, 0.29) is 11.8 Å². The lowest BCUT2D eigenvalue weighted by molar-refractivity contribution is 0.0954. The molecule has 2 amide bonds. The van der Waals surface area contributed by atoms with E-state index in [9.17, 15) is 9.59 Å². The van der Waals surface area contributed by atoms with E-state index >= 15 is 0 Å². The van der Waals surface area contributed by atoms with Crippen LogP contribution in [0.25, 0.3) is 0 Å². The van der Waals surface area contributed by atoms with Gasteiger partial charge in [0.25, 0.3) is 11.8 Å². The van der Waals surface area contributed by atoms with Crippen LogP contribution in [-0.2, 0) is 0 Å². The maximum Gasteiger partial charge on any atom is 0.255 e. The Kier molecular flexibility index (Phi) is 7.24. The number of carbonyl (C=O) groups is 2. The molecule has 0 aliphatic carbocycles. The van der Waals surface area contributed by atoms with Gasteiger partial charge in [0.1, 0.15) is 12.4 Å². The average molecular weight is 373 g/mol. The van der Waals surface area contributed by atoms with Gasteiger partial charge >= 0.3 is 0 Å². The van der Waals surface area contributed by atoms with Crippen molar-refractivity contribution in [3.63, 3.8) is 0 Å². The number of benzene rings is 2. The molecule has 0 atom stereocenters. The Balaban J connectivity index is 2.16. The van der Waals surface area contributed by atoms with Crippen molar-refractivity contribution in [3.05, 3.63) is 71.3 Å². The minimum Gasteiger partial charge on any atom is -0.490 e. The zero-order valence-electron chi connectivity index (χ0n) is 14.5. The van der Waals surface area contributed by atoms with Gasteiger partial charge in [-0.15, -0.1) is 0 Å². The van der Waals surface area contributed by atoms with Crippen LogP contribution < -0.4 is 15.4 Å². The summed E-state index contributed by atoms with van der Waals surface area (Å²) in [5.74, 6) is 0.0444. The van der Waals surface area contributed by atoms with Crippen molar-refractivity contribution in [3.8, 4) is 5.75 Å². The fraction of sp³-hybridized carbons (Fsp3) is 0.200. The van der Waals surface area contributed by atoms with Gasteiger partial charge in [-0.25, -0.2) is 0 Å². The van der Waals surface area contributed by atoms with Gasteiger partial charge in [0.2, 0.25) is 0 Å². The smallest absolute Gasteiger partial charge is 0.255 e. The molecule has 2 rings (SSSR count). The molecule has 2 N–H and O–H groups in total. The molecule has 5 nitrogen and oxygen atoms in total. The summed E-state index contributed by atoms with van der Waals surface area (Å²) in [4.78, 5) is 24.8. The van der Waals surface area contributed by atoms with Crippen molar-refractivity contribution in [1.82, 2.24) is 5.32 Å². The van der Waals surface area contributed by atoms with E-state index in [1.54, 1.807) is 48.5 Å². The second-order valence-corrected chi connectivity index (χ2v) is 5.96. The van der Waals surface area contributed by atoms with E-state index in [0.717, 1.165) is 6.42 Å². The maximum atomic E-state index is 12.5. The predicted octanol–water partition coefficient (Wildman–Crippen LogP) is 4.30. The van der Waals surface area contributed by atoms with E-state index in [1.165, 1.54) is 0 Å². The summed E-state index contributed by atoms with van der Waals surface area (Å²) >= 11 is 6.02. The first-order valence-corrected chi connectivity index (χ1v) is 8.65. The van der Waals surface area contributed by atoms with E-state index in [1.807, 2.05) is 6.92 Å². The minimum atomic E-state index is -0.341. The molecular weight excluding hydrogens is 352 g/mol. The Labute approximate surface area is 158 Å². The zero-order valence-corrected chi connectivity index (χ0v) is 15.3. The van der Waals surface area contributed by atoms with Crippen LogP contribution in [0, 0.1) is 0 Å². The lowest BCUT2D eigenvalue weighted by atomic mass is 10.1. The first-order chi connectivity index (χ1) is 12.5. The Morgan fingerprint density at radius 3 is 2.54 bits per heavy atom. The standard InChI is InChI=1S/C20H21ClN2O3/c1-3-11-22-20(25)17-10-7-15(21)13-18(17)23-19(24)14-5-8-16(9-6-14)26-12-4-2/h4-10,13H,2-3,11-12H2,1H3,(H,22,25)(H,23,24). The van der Waals surface area contributed by atoms with Gasteiger partial charge in [0.15, 0.2) is 0 Å². The predicted molar refractivity (Wildman–Crippen MR) is 104 cm³/mol. The van der Waals surface area contributed by atoms with Crippen LogP contribution in [0.15, 0.2) is 55.1 Å². The van der Waals surface area contributed by atoms with E-state index < -0.39 is 0 Å². The Morgan fingerprint density at radius 1 is 1.15 bits per heavy atom. The molecule has 6 heteroatoms. The molecule has 0 unspecified atom stereocenters. The number of anilines is 1. The van der Waals surface area contributed by atoms with Gasteiger partial charge in [0.05, 0.1) is 11.3 Å². The van der Waals surface area contributed by atoms with Crippen LogP contribution in [0.2, 0.25) is 5.02 Å². The molecular formula is C20H21ClN2O3. The van der Waals surface area contributed by atoms with Crippen LogP contribution in [0.4, 0.5) is 5.69 Å². The molecule has 0 aliphatic heterocycles. The highest BCUT2D eigenvalue weighted by Crippen LogP contribution is 2.22. The summed E-state index contributed by atoms with van der Waals surface area (Å²) in [7, 11) is 0. The molecule has 0 bridgehead atoms. The van der Waals surface area contributed by atoms with Gasteiger partial charge in [-0.2, -0.15) is 0 Å². The van der Waals surface area contributed by atoms with E-state index in [2.05, 4.69) is 17.2 Å². The van der Waals surface area contributed by atoms with Crippen LogP contribution >= 0.6 is 11.6 Å². The normalized spacial score (nSPS) is 10.1. The van der Waals surface area contributed by atoms with Gasteiger partial charge in [-0.1, -0.05) is 31.2 Å². The van der Waals surface area contributed by atoms with Crippen molar-refractivity contribution in [2.75, 3.05) is 18.5 Å². The fourth-order valence-corrected chi connectivity index (χ4v) is 2.38. The highest BCUT2D eigenvalue weighted by molar-refractivity contribution is 6.31. The Morgan fingerprint density at radius 2 is 1.88 bits per heavy atom. The molecule has 136 valence electrons. The lowest BCUT2D eigenvalue weighted by Gasteiger charge is -2.12. The molecule has 0 radical (unpaired) electrons. The molecule has 0 aliphatic rings. The van der Waals surface area contributed by atoms with E-state index in [0.29, 0.717) is 40.7 Å². The van der Waals surface area contributed by atoms with Gasteiger partial charge in [-0.3, -0.25) is 9.59 Å². The number of amides is 2. The number of carbonyl (C=O) groups excluding carboxylic acids is 2. The second-order valence-electron chi connectivity index (χ2n) is 5.52. The maximum absolute atomic E-state index is 12.5. The summed E-state index contributed by atoms with van der Waals surface area (Å²) in [5.41, 5.74) is 1.17. The molecule has 0 aromatic heterocycles. The molecule has 0 fully saturated rings. The van der Waals surface area contributed by atoms with Crippen molar-refractivity contribution < 1.29 is 14.3 Å². The SMILES string of the molecule is C=CCOc1ccc(C(=O)Nc2cc(Cl)ccc2C(=O)NCCC)cc1. The lowest BCUT2D eigenvalue weighted by Crippen LogP contribution is -2.25. The van der Waals surface area contributed by atoms with Crippen molar-refractivity contribution in [2.45, 2.75) is 13.3 Å². The van der Waals surface area contributed by atoms with E-state index in [4.69, 9.17) is 16.3 Å². The number of nitrogens with one attached hydrogen (secondary N) is 2. The summed E-state index contributed by atoms with van der Waals surface area (Å²) in [6.07, 6.45) is 2.46.